The van der Waals surface area contributed by atoms with Crippen molar-refractivity contribution in [1.82, 2.24) is 9.97 Å². The Morgan fingerprint density at radius 3 is 1.17 bits per heavy atom. The maximum absolute atomic E-state index is 11.8. The third kappa shape index (κ3) is 7.08. The largest absolute Gasteiger partial charge is 0.493 e. The van der Waals surface area contributed by atoms with Gasteiger partial charge in [0.25, 0.3) is 0 Å². The first kappa shape index (κ1) is 32.8. The molecule has 0 saturated carbocycles. The predicted octanol–water partition coefficient (Wildman–Crippen LogP) is 7.83. The molecule has 3 nitrogen and oxygen atoms in total. The Balaban J connectivity index is 1.67. The molecular weight excluding hydrogens is 610 g/mol. The van der Waals surface area contributed by atoms with E-state index < -0.39 is 15.8 Å². The van der Waals surface area contributed by atoms with Crippen molar-refractivity contribution in [3.63, 3.8) is 0 Å². The van der Waals surface area contributed by atoms with Gasteiger partial charge in [-0.25, -0.2) is 4.98 Å². The van der Waals surface area contributed by atoms with Gasteiger partial charge in [0.15, 0.2) is 0 Å². The zero-order valence-electron chi connectivity index (χ0n) is 28.6. The predicted molar refractivity (Wildman–Crippen MR) is 204 cm³/mol. The lowest BCUT2D eigenvalue weighted by Gasteiger charge is -2.27. The molecule has 0 radical (unpaired) electrons. The lowest BCUT2D eigenvalue weighted by Crippen LogP contribution is -2.27. The molecule has 2 heterocycles. The van der Waals surface area contributed by atoms with Crippen molar-refractivity contribution in [2.24, 2.45) is 0 Å². The summed E-state index contributed by atoms with van der Waals surface area (Å²) in [5.74, 6) is 0.0359. The first-order chi connectivity index (χ1) is 22.5. The summed E-state index contributed by atoms with van der Waals surface area (Å²) < 4.78 is 0. The van der Waals surface area contributed by atoms with Gasteiger partial charge in [0.1, 0.15) is 0 Å². The Morgan fingerprint density at radius 2 is 0.787 bits per heavy atom. The molecule has 47 heavy (non-hydrogen) atoms. The molecule has 0 aliphatic rings. The second-order valence-corrected chi connectivity index (χ2v) is 17.3. The summed E-state index contributed by atoms with van der Waals surface area (Å²) in [4.78, 5) is 9.19. The van der Waals surface area contributed by atoms with Crippen LogP contribution in [-0.4, -0.2) is 15.1 Å². The average molecular weight is 653 g/mol. The van der Waals surface area contributed by atoms with Crippen LogP contribution in [0.4, 0.5) is 0 Å². The first-order valence-corrected chi connectivity index (χ1v) is 18.7. The smallest absolute Gasteiger partial charge is 0.219 e. The highest BCUT2D eigenvalue weighted by Gasteiger charge is 2.28. The fraction of sp³-hybridized carbons (Fsp3) is 0.190. The number of pyridine rings is 2. The SMILES string of the molecule is Cc1cc(C)cc(P(c2cc(C)cc(C)c2)c2ccncc2-c2c(P(c3cc(C)cc(C)c3)c3cc(C)cc(C)c3)ccnc2O)c1. The number of aromatic nitrogens is 2. The number of rotatable bonds is 7. The molecule has 6 aromatic rings. The highest BCUT2D eigenvalue weighted by molar-refractivity contribution is 7.80. The van der Waals surface area contributed by atoms with Gasteiger partial charge in [-0.3, -0.25) is 4.98 Å². The summed E-state index contributed by atoms with van der Waals surface area (Å²) in [7, 11) is -2.05. The summed E-state index contributed by atoms with van der Waals surface area (Å²) in [6.07, 6.45) is 5.58. The van der Waals surface area contributed by atoms with E-state index >= 15 is 0 Å². The van der Waals surface area contributed by atoms with Crippen molar-refractivity contribution in [2.75, 3.05) is 0 Å². The quantitative estimate of drug-likeness (QED) is 0.179. The van der Waals surface area contributed by atoms with Crippen LogP contribution in [0.2, 0.25) is 0 Å². The fourth-order valence-electron chi connectivity index (χ4n) is 6.83. The van der Waals surface area contributed by atoms with Crippen LogP contribution in [-0.2, 0) is 0 Å². The molecule has 5 heteroatoms. The van der Waals surface area contributed by atoms with Crippen LogP contribution in [0.25, 0.3) is 11.1 Å². The van der Waals surface area contributed by atoms with E-state index in [4.69, 9.17) is 0 Å². The van der Waals surface area contributed by atoms with Crippen LogP contribution < -0.4 is 31.8 Å². The van der Waals surface area contributed by atoms with Crippen molar-refractivity contribution in [2.45, 2.75) is 55.4 Å². The molecule has 0 aliphatic carbocycles. The number of aryl methyl sites for hydroxylation is 8. The summed E-state index contributed by atoms with van der Waals surface area (Å²) in [6, 6.07) is 31.7. The molecule has 0 fully saturated rings. The van der Waals surface area contributed by atoms with Gasteiger partial charge in [-0.2, -0.15) is 0 Å². The highest BCUT2D eigenvalue weighted by Crippen LogP contribution is 2.43. The minimum absolute atomic E-state index is 0.0359. The molecule has 4 aromatic carbocycles. The maximum Gasteiger partial charge on any atom is 0.219 e. The maximum atomic E-state index is 11.8. The molecule has 2 aromatic heterocycles. The minimum Gasteiger partial charge on any atom is -0.493 e. The van der Waals surface area contributed by atoms with Crippen molar-refractivity contribution in [1.29, 1.82) is 0 Å². The Bertz CT molecular complexity index is 1940. The third-order valence-electron chi connectivity index (χ3n) is 8.32. The first-order valence-electron chi connectivity index (χ1n) is 16.0. The number of hydrogen-bond donors (Lipinski definition) is 1. The van der Waals surface area contributed by atoms with Crippen LogP contribution in [0.15, 0.2) is 104 Å². The van der Waals surface area contributed by atoms with E-state index in [1.54, 1.807) is 6.20 Å². The second-order valence-electron chi connectivity index (χ2n) is 13.0. The van der Waals surface area contributed by atoms with Crippen LogP contribution in [0.5, 0.6) is 5.88 Å². The van der Waals surface area contributed by atoms with Gasteiger partial charge < -0.3 is 5.11 Å². The molecule has 6 rings (SSSR count). The monoisotopic (exact) mass is 652 g/mol. The van der Waals surface area contributed by atoms with E-state index in [0.29, 0.717) is 0 Å². The summed E-state index contributed by atoms with van der Waals surface area (Å²) in [5, 5.41) is 19.1. The molecule has 0 bridgehead atoms. The number of aromatic hydroxyl groups is 1. The Labute approximate surface area is 282 Å². The molecule has 0 atom stereocenters. The van der Waals surface area contributed by atoms with Gasteiger partial charge in [-0.1, -0.05) is 117 Å². The van der Waals surface area contributed by atoms with E-state index in [0.717, 1.165) is 21.7 Å². The molecule has 1 N–H and O–H groups in total. The van der Waals surface area contributed by atoms with Crippen molar-refractivity contribution in [3.8, 4) is 17.0 Å². The summed E-state index contributed by atoms with van der Waals surface area (Å²) >= 11 is 0. The van der Waals surface area contributed by atoms with Gasteiger partial charge in [-0.15, -0.1) is 0 Å². The number of benzene rings is 4. The lowest BCUT2D eigenvalue weighted by atomic mass is 10.1. The fourth-order valence-corrected chi connectivity index (χ4v) is 12.5. The Kier molecular flexibility index (Phi) is 9.43. The van der Waals surface area contributed by atoms with Crippen LogP contribution >= 0.6 is 15.8 Å². The van der Waals surface area contributed by atoms with Crippen molar-refractivity contribution >= 4 is 47.7 Å². The molecule has 0 spiro atoms. The Hall–Kier alpha value is -4.16. The molecule has 0 amide bonds. The number of nitrogens with zero attached hydrogens (tertiary/aromatic N) is 2. The van der Waals surface area contributed by atoms with Gasteiger partial charge >= 0.3 is 0 Å². The van der Waals surface area contributed by atoms with Gasteiger partial charge in [-0.05, 0) is 115 Å². The second kappa shape index (κ2) is 13.5. The number of hydrogen-bond acceptors (Lipinski definition) is 3. The third-order valence-corrected chi connectivity index (χ3v) is 13.1. The molecule has 236 valence electrons. The minimum atomic E-state index is -1.05. The molecule has 0 unspecified atom stereocenters. The normalized spacial score (nSPS) is 11.4. The summed E-state index contributed by atoms with van der Waals surface area (Å²) in [5.41, 5.74) is 11.6. The standard InChI is InChI=1S/C42H42N2OP2/c1-26-13-27(2)18-34(17-26)46(35-19-28(3)14-29(4)20-35)39-9-11-43-25-38(39)41-40(10-12-44-42(41)45)47(36-21-30(5)15-31(6)22-36)37-23-32(7)16-33(8)24-37/h9-25H,1-8H3,(H,44,45). The van der Waals surface area contributed by atoms with Gasteiger partial charge in [0, 0.05) is 24.2 Å². The van der Waals surface area contributed by atoms with E-state index in [1.165, 1.54) is 65.7 Å². The summed E-state index contributed by atoms with van der Waals surface area (Å²) in [6.45, 7) is 17.3. The van der Waals surface area contributed by atoms with Gasteiger partial charge in [0.05, 0.1) is 5.56 Å². The Morgan fingerprint density at radius 1 is 0.447 bits per heavy atom. The zero-order chi connectivity index (χ0) is 33.4. The van der Waals surface area contributed by atoms with Gasteiger partial charge in [0.2, 0.25) is 5.88 Å². The molecular formula is C42H42N2OP2. The van der Waals surface area contributed by atoms with Crippen molar-refractivity contribution in [3.05, 3.63) is 148 Å². The van der Waals surface area contributed by atoms with E-state index in [9.17, 15) is 5.11 Å². The van der Waals surface area contributed by atoms with Crippen LogP contribution in [0.3, 0.4) is 0 Å². The van der Waals surface area contributed by atoms with Crippen LogP contribution in [0, 0.1) is 55.4 Å². The van der Waals surface area contributed by atoms with E-state index in [-0.39, 0.29) is 5.88 Å². The molecule has 0 saturated heterocycles. The van der Waals surface area contributed by atoms with Crippen molar-refractivity contribution < 1.29 is 5.11 Å². The average Bonchev–Trinajstić information content (AvgIpc) is 2.96. The molecule has 0 aliphatic heterocycles. The zero-order valence-corrected chi connectivity index (χ0v) is 30.3. The lowest BCUT2D eigenvalue weighted by molar-refractivity contribution is 0.456. The van der Waals surface area contributed by atoms with E-state index in [2.05, 4.69) is 150 Å². The topological polar surface area (TPSA) is 46.0 Å². The van der Waals surface area contributed by atoms with E-state index in [1.807, 2.05) is 12.4 Å². The highest BCUT2D eigenvalue weighted by atomic mass is 31.1. The van der Waals surface area contributed by atoms with Crippen LogP contribution in [0.1, 0.15) is 44.5 Å².